The fourth-order valence-corrected chi connectivity index (χ4v) is 1.85. The maximum atomic E-state index is 13.4. The van der Waals surface area contributed by atoms with Crippen molar-refractivity contribution in [2.45, 2.75) is 12.5 Å². The number of carbonyl (C=O) groups is 1. The van der Waals surface area contributed by atoms with Crippen LogP contribution in [0.25, 0.3) is 0 Å². The molecule has 0 heterocycles. The summed E-state index contributed by atoms with van der Waals surface area (Å²) in [5.74, 6) is -3.17. The summed E-state index contributed by atoms with van der Waals surface area (Å²) in [7, 11) is 1.21. The molecular formula is C11H10F2N2O3. The Morgan fingerprint density at radius 2 is 2.00 bits per heavy atom. The molecule has 96 valence electrons. The average molecular weight is 256 g/mol. The van der Waals surface area contributed by atoms with E-state index in [0.29, 0.717) is 0 Å². The smallest absolute Gasteiger partial charge is 0.237 e. The Morgan fingerprint density at radius 1 is 1.44 bits per heavy atom. The van der Waals surface area contributed by atoms with Gasteiger partial charge in [0, 0.05) is 18.4 Å². The van der Waals surface area contributed by atoms with Crippen molar-refractivity contribution in [3.05, 3.63) is 39.9 Å². The van der Waals surface area contributed by atoms with E-state index in [2.05, 4.69) is 0 Å². The van der Waals surface area contributed by atoms with Crippen LogP contribution in [0.4, 0.5) is 14.5 Å². The molecule has 2 rings (SSSR count). The zero-order valence-corrected chi connectivity index (χ0v) is 9.47. The summed E-state index contributed by atoms with van der Waals surface area (Å²) in [6.07, 6.45) is 0.117. The van der Waals surface area contributed by atoms with Crippen LogP contribution in [0.2, 0.25) is 0 Å². The van der Waals surface area contributed by atoms with Gasteiger partial charge in [-0.3, -0.25) is 14.9 Å². The second kappa shape index (κ2) is 4.32. The molecule has 1 saturated carbocycles. The molecule has 1 aliphatic rings. The number of benzene rings is 1. The molecule has 0 saturated heterocycles. The van der Waals surface area contributed by atoms with Crippen molar-refractivity contribution < 1.29 is 18.5 Å². The molecule has 7 heteroatoms. The van der Waals surface area contributed by atoms with E-state index in [-0.39, 0.29) is 6.42 Å². The zero-order chi connectivity index (χ0) is 13.4. The summed E-state index contributed by atoms with van der Waals surface area (Å²) in [4.78, 5) is 22.5. The molecule has 0 bridgehead atoms. The van der Waals surface area contributed by atoms with Crippen molar-refractivity contribution in [1.82, 2.24) is 0 Å². The van der Waals surface area contributed by atoms with E-state index in [0.717, 1.165) is 17.0 Å². The molecule has 0 unspecified atom stereocenters. The lowest BCUT2D eigenvalue weighted by molar-refractivity contribution is -0.497. The predicted octanol–water partition coefficient (Wildman–Crippen LogP) is 1.59. The zero-order valence-electron chi connectivity index (χ0n) is 9.47. The fourth-order valence-electron chi connectivity index (χ4n) is 1.85. The van der Waals surface area contributed by atoms with E-state index in [1.807, 2.05) is 0 Å². The number of nitro groups is 1. The standard InChI is InChI=1S/C11H10F2N2O3/c1-14(10-7(12)3-2-4-8(10)13)11(16)6-5-9(6)15(17)18/h2-4,6,9H,5H2,1H3/t6-,9+/m0/s1. The lowest BCUT2D eigenvalue weighted by atomic mass is 10.2. The first-order valence-corrected chi connectivity index (χ1v) is 5.28. The highest BCUT2D eigenvalue weighted by atomic mass is 19.1. The van der Waals surface area contributed by atoms with Crippen LogP contribution in [0.5, 0.6) is 0 Å². The minimum atomic E-state index is -0.935. The minimum Gasteiger partial charge on any atom is -0.310 e. The van der Waals surface area contributed by atoms with Crippen molar-refractivity contribution in [2.24, 2.45) is 5.92 Å². The van der Waals surface area contributed by atoms with Gasteiger partial charge in [-0.25, -0.2) is 8.78 Å². The number of halogens is 2. The molecule has 2 atom stereocenters. The van der Waals surface area contributed by atoms with Crippen LogP contribution >= 0.6 is 0 Å². The minimum absolute atomic E-state index is 0.117. The molecule has 1 aliphatic carbocycles. The summed E-state index contributed by atoms with van der Waals surface area (Å²) in [6.45, 7) is 0. The molecule has 1 aromatic rings. The van der Waals surface area contributed by atoms with Crippen molar-refractivity contribution in [1.29, 1.82) is 0 Å². The second-order valence-corrected chi connectivity index (χ2v) is 4.16. The van der Waals surface area contributed by atoms with Gasteiger partial charge in [-0.05, 0) is 12.1 Å². The van der Waals surface area contributed by atoms with E-state index >= 15 is 0 Å². The van der Waals surface area contributed by atoms with E-state index < -0.39 is 40.1 Å². The second-order valence-electron chi connectivity index (χ2n) is 4.16. The Hall–Kier alpha value is -2.05. The number of para-hydroxylation sites is 1. The third kappa shape index (κ3) is 2.03. The van der Waals surface area contributed by atoms with E-state index in [4.69, 9.17) is 0 Å². The Bertz CT molecular complexity index is 501. The highest BCUT2D eigenvalue weighted by molar-refractivity contribution is 5.96. The van der Waals surface area contributed by atoms with E-state index in [9.17, 15) is 23.7 Å². The monoisotopic (exact) mass is 256 g/mol. The van der Waals surface area contributed by atoms with Gasteiger partial charge < -0.3 is 4.90 Å². The van der Waals surface area contributed by atoms with Gasteiger partial charge in [0.15, 0.2) is 0 Å². The van der Waals surface area contributed by atoms with Crippen LogP contribution in [0.3, 0.4) is 0 Å². The van der Waals surface area contributed by atoms with Crippen molar-refractivity contribution in [3.8, 4) is 0 Å². The number of rotatable bonds is 3. The van der Waals surface area contributed by atoms with E-state index in [1.165, 1.54) is 13.1 Å². The summed E-state index contributed by atoms with van der Waals surface area (Å²) < 4.78 is 26.9. The topological polar surface area (TPSA) is 63.5 Å². The van der Waals surface area contributed by atoms with Crippen LogP contribution in [0.1, 0.15) is 6.42 Å². The van der Waals surface area contributed by atoms with E-state index in [1.54, 1.807) is 0 Å². The summed E-state index contributed by atoms with van der Waals surface area (Å²) >= 11 is 0. The van der Waals surface area contributed by atoms with Gasteiger partial charge in [0.05, 0.1) is 0 Å². The van der Waals surface area contributed by atoms with Crippen LogP contribution in [-0.4, -0.2) is 23.9 Å². The molecule has 1 fully saturated rings. The van der Waals surface area contributed by atoms with Gasteiger partial charge in [-0.15, -0.1) is 0 Å². The molecule has 0 aliphatic heterocycles. The Morgan fingerprint density at radius 3 is 2.44 bits per heavy atom. The van der Waals surface area contributed by atoms with Gasteiger partial charge in [-0.1, -0.05) is 6.07 Å². The molecule has 1 aromatic carbocycles. The maximum absolute atomic E-state index is 13.4. The maximum Gasteiger partial charge on any atom is 0.237 e. The lowest BCUT2D eigenvalue weighted by Gasteiger charge is -2.18. The summed E-state index contributed by atoms with van der Waals surface area (Å²) in [5, 5.41) is 10.5. The van der Waals surface area contributed by atoms with Gasteiger partial charge in [0.25, 0.3) is 0 Å². The summed E-state index contributed by atoms with van der Waals surface area (Å²) in [6, 6.07) is 2.30. The molecule has 0 radical (unpaired) electrons. The average Bonchev–Trinajstić information content (AvgIpc) is 3.07. The fraction of sp³-hybridized carbons (Fsp3) is 0.364. The van der Waals surface area contributed by atoms with Crippen molar-refractivity contribution in [3.63, 3.8) is 0 Å². The van der Waals surface area contributed by atoms with Crippen LogP contribution in [0.15, 0.2) is 18.2 Å². The largest absolute Gasteiger partial charge is 0.310 e. The number of anilines is 1. The SMILES string of the molecule is CN(C(=O)[C@H]1C[C@H]1[N+](=O)[O-])c1c(F)cccc1F. The van der Waals surface area contributed by atoms with Crippen molar-refractivity contribution in [2.75, 3.05) is 11.9 Å². The molecule has 5 nitrogen and oxygen atoms in total. The number of carbonyl (C=O) groups excluding carboxylic acids is 1. The van der Waals surface area contributed by atoms with Gasteiger partial charge in [0.2, 0.25) is 11.9 Å². The quantitative estimate of drug-likeness (QED) is 0.609. The summed E-state index contributed by atoms with van der Waals surface area (Å²) in [5.41, 5.74) is -0.475. The molecule has 0 N–H and O–H groups in total. The lowest BCUT2D eigenvalue weighted by Crippen LogP contribution is -2.31. The van der Waals surface area contributed by atoms with Gasteiger partial charge >= 0.3 is 0 Å². The first-order chi connectivity index (χ1) is 8.43. The highest BCUT2D eigenvalue weighted by Crippen LogP contribution is 2.36. The number of hydrogen-bond acceptors (Lipinski definition) is 3. The molecule has 0 aromatic heterocycles. The van der Waals surface area contributed by atoms with Gasteiger partial charge in [-0.2, -0.15) is 0 Å². The number of amides is 1. The van der Waals surface area contributed by atoms with Crippen LogP contribution in [-0.2, 0) is 4.79 Å². The van der Waals surface area contributed by atoms with Crippen molar-refractivity contribution >= 4 is 11.6 Å². The predicted molar refractivity (Wildman–Crippen MR) is 58.7 cm³/mol. The van der Waals surface area contributed by atoms with Crippen LogP contribution in [0, 0.1) is 27.7 Å². The Labute approximate surface area is 101 Å². The first kappa shape index (κ1) is 12.4. The molecule has 1 amide bonds. The third-order valence-electron chi connectivity index (χ3n) is 2.95. The normalized spacial score (nSPS) is 21.5. The molecule has 0 spiro atoms. The third-order valence-corrected chi connectivity index (χ3v) is 2.95. The van der Waals surface area contributed by atoms with Crippen LogP contribution < -0.4 is 4.90 Å². The van der Waals surface area contributed by atoms with Gasteiger partial charge in [0.1, 0.15) is 23.2 Å². The first-order valence-electron chi connectivity index (χ1n) is 5.28. The molecule has 18 heavy (non-hydrogen) atoms. The Kier molecular flexibility index (Phi) is 2.98. The number of nitrogens with zero attached hydrogens (tertiary/aromatic N) is 2. The highest BCUT2D eigenvalue weighted by Gasteiger charge is 2.54. The number of hydrogen-bond donors (Lipinski definition) is 0. The molecular weight excluding hydrogens is 246 g/mol. The Balaban J connectivity index is 2.20.